The normalized spacial score (nSPS) is 36.9. The number of fused-ring (bicyclic) bond motifs is 1. The first-order valence-corrected chi connectivity index (χ1v) is 6.54. The van der Waals surface area contributed by atoms with E-state index < -0.39 is 0 Å². The Balaban J connectivity index is 2.20. The largest absolute Gasteiger partial charge is 0.392 e. The molecule has 0 radical (unpaired) electrons. The van der Waals surface area contributed by atoms with Gasteiger partial charge in [-0.25, -0.2) is 0 Å². The Morgan fingerprint density at radius 1 is 1.65 bits per heavy atom. The van der Waals surface area contributed by atoms with Crippen LogP contribution in [0.25, 0.3) is 0 Å². The molecule has 1 N–H and O–H groups in total. The number of aldehydes is 1. The zero-order chi connectivity index (χ0) is 12.5. The van der Waals surface area contributed by atoms with E-state index in [0.717, 1.165) is 43.1 Å². The van der Waals surface area contributed by atoms with E-state index in [9.17, 15) is 9.90 Å². The van der Waals surface area contributed by atoms with Gasteiger partial charge in [-0.3, -0.25) is 4.79 Å². The van der Waals surface area contributed by atoms with Gasteiger partial charge in [0.1, 0.15) is 6.29 Å². The van der Waals surface area contributed by atoms with Crippen molar-refractivity contribution < 1.29 is 9.90 Å². The van der Waals surface area contributed by atoms with Crippen LogP contribution in [0.4, 0.5) is 0 Å². The van der Waals surface area contributed by atoms with E-state index in [-0.39, 0.29) is 12.0 Å². The lowest BCUT2D eigenvalue weighted by molar-refractivity contribution is -0.106. The summed E-state index contributed by atoms with van der Waals surface area (Å²) in [6.45, 7) is 6.34. The molecule has 2 aliphatic rings. The second-order valence-electron chi connectivity index (χ2n) is 5.85. The van der Waals surface area contributed by atoms with Gasteiger partial charge in [0.2, 0.25) is 0 Å². The summed E-state index contributed by atoms with van der Waals surface area (Å²) in [4.78, 5) is 11.2. The first kappa shape index (κ1) is 12.6. The van der Waals surface area contributed by atoms with Gasteiger partial charge in [-0.2, -0.15) is 0 Å². The first-order chi connectivity index (χ1) is 8.10. The summed E-state index contributed by atoms with van der Waals surface area (Å²) in [6.07, 6.45) is 8.60. The molecule has 0 amide bonds. The van der Waals surface area contributed by atoms with Crippen molar-refractivity contribution in [2.45, 2.75) is 39.0 Å². The van der Waals surface area contributed by atoms with E-state index in [2.05, 4.69) is 19.6 Å². The highest BCUT2D eigenvalue weighted by molar-refractivity contribution is 5.74. The number of rotatable bonds is 3. The highest BCUT2D eigenvalue weighted by atomic mass is 16.3. The van der Waals surface area contributed by atoms with Crippen LogP contribution >= 0.6 is 0 Å². The Kier molecular flexibility index (Phi) is 3.53. The summed E-state index contributed by atoms with van der Waals surface area (Å²) in [7, 11) is 0. The third-order valence-corrected chi connectivity index (χ3v) is 4.84. The van der Waals surface area contributed by atoms with Crippen LogP contribution in [-0.2, 0) is 4.79 Å². The molecule has 0 heterocycles. The van der Waals surface area contributed by atoms with Gasteiger partial charge in [0.05, 0.1) is 6.61 Å². The second kappa shape index (κ2) is 4.77. The molecule has 17 heavy (non-hydrogen) atoms. The number of hydrogen-bond acceptors (Lipinski definition) is 2. The van der Waals surface area contributed by atoms with Crippen molar-refractivity contribution in [2.24, 2.45) is 17.3 Å². The molecule has 0 bridgehead atoms. The SMILES string of the molecule is C=C(CO)[C@@H]1CC[C@@]2(C)CCC=C(C=O)[C@H]2C1. The van der Waals surface area contributed by atoms with E-state index in [4.69, 9.17) is 0 Å². The maximum absolute atomic E-state index is 11.2. The quantitative estimate of drug-likeness (QED) is 0.602. The number of carbonyl (C=O) groups is 1. The molecule has 1 fully saturated rings. The maximum Gasteiger partial charge on any atom is 0.146 e. The van der Waals surface area contributed by atoms with Crippen LogP contribution in [0.2, 0.25) is 0 Å². The Morgan fingerprint density at radius 2 is 2.41 bits per heavy atom. The van der Waals surface area contributed by atoms with Crippen LogP contribution in [0.3, 0.4) is 0 Å². The third kappa shape index (κ3) is 2.23. The molecule has 0 aliphatic heterocycles. The predicted octanol–water partition coefficient (Wildman–Crippen LogP) is 2.88. The molecule has 2 heteroatoms. The molecular formula is C15H22O2. The van der Waals surface area contributed by atoms with Crippen LogP contribution in [0.5, 0.6) is 0 Å². The fourth-order valence-corrected chi connectivity index (χ4v) is 3.54. The summed E-state index contributed by atoms with van der Waals surface area (Å²) in [6, 6.07) is 0. The predicted molar refractivity (Wildman–Crippen MR) is 68.5 cm³/mol. The van der Waals surface area contributed by atoms with Crippen LogP contribution in [0.1, 0.15) is 39.0 Å². The molecule has 1 saturated carbocycles. The van der Waals surface area contributed by atoms with Crippen molar-refractivity contribution in [3.8, 4) is 0 Å². The molecule has 0 aromatic rings. The van der Waals surface area contributed by atoms with Gasteiger partial charge >= 0.3 is 0 Å². The Hall–Kier alpha value is -0.890. The maximum atomic E-state index is 11.2. The van der Waals surface area contributed by atoms with E-state index in [1.54, 1.807) is 0 Å². The van der Waals surface area contributed by atoms with E-state index in [1.165, 1.54) is 6.42 Å². The van der Waals surface area contributed by atoms with Gasteiger partial charge in [0, 0.05) is 0 Å². The monoisotopic (exact) mass is 234 g/mol. The van der Waals surface area contributed by atoms with Crippen molar-refractivity contribution in [1.29, 1.82) is 0 Å². The van der Waals surface area contributed by atoms with Crippen molar-refractivity contribution in [1.82, 2.24) is 0 Å². The van der Waals surface area contributed by atoms with Gasteiger partial charge in [-0.15, -0.1) is 0 Å². The second-order valence-corrected chi connectivity index (χ2v) is 5.85. The highest BCUT2D eigenvalue weighted by Gasteiger charge is 2.43. The third-order valence-electron chi connectivity index (χ3n) is 4.84. The minimum absolute atomic E-state index is 0.0776. The average Bonchev–Trinajstić information content (AvgIpc) is 2.35. The van der Waals surface area contributed by atoms with Crippen molar-refractivity contribution in [3.05, 3.63) is 23.8 Å². The van der Waals surface area contributed by atoms with E-state index in [0.29, 0.717) is 11.8 Å². The molecule has 0 spiro atoms. The summed E-state index contributed by atoms with van der Waals surface area (Å²) in [5.41, 5.74) is 2.20. The lowest BCUT2D eigenvalue weighted by atomic mass is 9.57. The standard InChI is InChI=1S/C15H22O2/c1-11(9-16)12-5-7-15(2)6-3-4-13(10-17)14(15)8-12/h4,10,12,14,16H,1,3,5-9H2,2H3/t12-,14-,15-/m1/s1. The molecule has 3 atom stereocenters. The van der Waals surface area contributed by atoms with E-state index in [1.807, 2.05) is 0 Å². The van der Waals surface area contributed by atoms with Crippen molar-refractivity contribution in [2.75, 3.05) is 6.61 Å². The summed E-state index contributed by atoms with van der Waals surface area (Å²) in [5, 5.41) is 9.19. The van der Waals surface area contributed by atoms with Gasteiger partial charge in [0.15, 0.2) is 0 Å². The van der Waals surface area contributed by atoms with E-state index >= 15 is 0 Å². The van der Waals surface area contributed by atoms with Crippen molar-refractivity contribution in [3.63, 3.8) is 0 Å². The number of hydrogen-bond donors (Lipinski definition) is 1. The zero-order valence-electron chi connectivity index (χ0n) is 10.6. The van der Waals surface area contributed by atoms with Crippen LogP contribution in [-0.4, -0.2) is 18.0 Å². The lowest BCUT2D eigenvalue weighted by Gasteiger charge is -2.47. The molecular weight excluding hydrogens is 212 g/mol. The lowest BCUT2D eigenvalue weighted by Crippen LogP contribution is -2.38. The Labute approximate surface area is 103 Å². The van der Waals surface area contributed by atoms with Gasteiger partial charge in [-0.05, 0) is 60.5 Å². The fraction of sp³-hybridized carbons (Fsp3) is 0.667. The molecule has 2 rings (SSSR count). The van der Waals surface area contributed by atoms with Crippen LogP contribution < -0.4 is 0 Å². The minimum Gasteiger partial charge on any atom is -0.392 e. The Morgan fingerprint density at radius 3 is 3.06 bits per heavy atom. The van der Waals surface area contributed by atoms with Gasteiger partial charge in [-0.1, -0.05) is 19.6 Å². The summed E-state index contributed by atoms with van der Waals surface area (Å²) < 4.78 is 0. The molecule has 2 aliphatic carbocycles. The number of aliphatic hydroxyl groups excluding tert-OH is 1. The molecule has 0 aromatic carbocycles. The topological polar surface area (TPSA) is 37.3 Å². The van der Waals surface area contributed by atoms with Gasteiger partial charge in [0.25, 0.3) is 0 Å². The Bertz CT molecular complexity index is 356. The smallest absolute Gasteiger partial charge is 0.146 e. The van der Waals surface area contributed by atoms with Gasteiger partial charge < -0.3 is 5.11 Å². The molecule has 0 aromatic heterocycles. The number of aliphatic hydroxyl groups is 1. The van der Waals surface area contributed by atoms with Crippen LogP contribution in [0, 0.1) is 17.3 Å². The zero-order valence-corrected chi connectivity index (χ0v) is 10.6. The highest BCUT2D eigenvalue weighted by Crippen LogP contribution is 2.52. The molecule has 0 saturated heterocycles. The van der Waals surface area contributed by atoms with Crippen molar-refractivity contribution >= 4 is 6.29 Å². The first-order valence-electron chi connectivity index (χ1n) is 6.54. The summed E-state index contributed by atoms with van der Waals surface area (Å²) in [5.74, 6) is 0.760. The summed E-state index contributed by atoms with van der Waals surface area (Å²) >= 11 is 0. The average molecular weight is 234 g/mol. The number of allylic oxidation sites excluding steroid dienone is 2. The minimum atomic E-state index is 0.0776. The number of carbonyl (C=O) groups excluding carboxylic acids is 1. The van der Waals surface area contributed by atoms with Crippen LogP contribution in [0.15, 0.2) is 23.8 Å². The molecule has 94 valence electrons. The molecule has 2 nitrogen and oxygen atoms in total. The fourth-order valence-electron chi connectivity index (χ4n) is 3.54. The molecule has 0 unspecified atom stereocenters.